The van der Waals surface area contributed by atoms with Crippen molar-refractivity contribution in [1.82, 2.24) is 5.32 Å². The number of hydrogen-bond acceptors (Lipinski definition) is 3. The summed E-state index contributed by atoms with van der Waals surface area (Å²) in [5, 5.41) is 2.87. The van der Waals surface area contributed by atoms with Crippen molar-refractivity contribution in [2.24, 2.45) is 0 Å². The first kappa shape index (κ1) is 19.8. The number of aryl methyl sites for hydroxylation is 1. The highest BCUT2D eigenvalue weighted by Crippen LogP contribution is 2.16. The standard InChI is InChI=1S/C21H26FNO3/c1-15(2)26-18-12-10-17(11-13-18)9-8-16(3)23-21(24)14-25-20-7-5-4-6-19(20)22/h4-7,10-13,15-16H,8-9,14H2,1-3H3,(H,23,24). The lowest BCUT2D eigenvalue weighted by molar-refractivity contribution is -0.123. The van der Waals surface area contributed by atoms with Crippen molar-refractivity contribution >= 4 is 5.91 Å². The van der Waals surface area contributed by atoms with Gasteiger partial charge in [0.15, 0.2) is 18.2 Å². The SMILES string of the molecule is CC(CCc1ccc(OC(C)C)cc1)NC(=O)COc1ccccc1F. The second kappa shape index (κ2) is 9.80. The smallest absolute Gasteiger partial charge is 0.258 e. The molecule has 1 unspecified atom stereocenters. The molecule has 0 radical (unpaired) electrons. The average molecular weight is 359 g/mol. The second-order valence-corrected chi connectivity index (χ2v) is 6.54. The molecule has 2 aromatic rings. The van der Waals surface area contributed by atoms with Crippen molar-refractivity contribution in [3.63, 3.8) is 0 Å². The first-order valence-corrected chi connectivity index (χ1v) is 8.86. The monoisotopic (exact) mass is 359 g/mol. The Morgan fingerprint density at radius 2 is 1.77 bits per heavy atom. The van der Waals surface area contributed by atoms with Crippen LogP contribution in [-0.2, 0) is 11.2 Å². The lowest BCUT2D eigenvalue weighted by atomic mass is 10.1. The Kier molecular flexibility index (Phi) is 7.45. The Morgan fingerprint density at radius 3 is 2.42 bits per heavy atom. The fourth-order valence-corrected chi connectivity index (χ4v) is 2.48. The van der Waals surface area contributed by atoms with Gasteiger partial charge >= 0.3 is 0 Å². The van der Waals surface area contributed by atoms with Crippen molar-refractivity contribution in [3.8, 4) is 11.5 Å². The molecule has 1 amide bonds. The molecule has 2 rings (SSSR count). The van der Waals surface area contributed by atoms with Crippen molar-refractivity contribution in [2.45, 2.75) is 45.8 Å². The van der Waals surface area contributed by atoms with Crippen LogP contribution in [0.2, 0.25) is 0 Å². The van der Waals surface area contributed by atoms with Crippen molar-refractivity contribution in [1.29, 1.82) is 0 Å². The van der Waals surface area contributed by atoms with Crippen LogP contribution in [0.25, 0.3) is 0 Å². The highest BCUT2D eigenvalue weighted by atomic mass is 19.1. The van der Waals surface area contributed by atoms with Crippen LogP contribution >= 0.6 is 0 Å². The summed E-state index contributed by atoms with van der Waals surface area (Å²) >= 11 is 0. The largest absolute Gasteiger partial charge is 0.491 e. The van der Waals surface area contributed by atoms with Gasteiger partial charge in [-0.15, -0.1) is 0 Å². The predicted molar refractivity (Wildman–Crippen MR) is 100 cm³/mol. The van der Waals surface area contributed by atoms with E-state index in [1.54, 1.807) is 12.1 Å². The van der Waals surface area contributed by atoms with Gasteiger partial charge in [-0.05, 0) is 63.4 Å². The number of rotatable bonds is 9. The Morgan fingerprint density at radius 1 is 1.08 bits per heavy atom. The molecule has 0 aliphatic heterocycles. The lowest BCUT2D eigenvalue weighted by Crippen LogP contribution is -2.36. The lowest BCUT2D eigenvalue weighted by Gasteiger charge is -2.15. The molecule has 0 aliphatic carbocycles. The van der Waals surface area contributed by atoms with E-state index in [0.29, 0.717) is 0 Å². The van der Waals surface area contributed by atoms with Crippen molar-refractivity contribution in [3.05, 3.63) is 59.9 Å². The third-order valence-electron chi connectivity index (χ3n) is 3.76. The van der Waals surface area contributed by atoms with E-state index in [-0.39, 0.29) is 30.4 Å². The van der Waals surface area contributed by atoms with Gasteiger partial charge < -0.3 is 14.8 Å². The van der Waals surface area contributed by atoms with Gasteiger partial charge in [0.25, 0.3) is 5.91 Å². The first-order chi connectivity index (χ1) is 12.4. The maximum atomic E-state index is 13.4. The zero-order valence-corrected chi connectivity index (χ0v) is 15.5. The molecule has 5 heteroatoms. The van der Waals surface area contributed by atoms with E-state index in [1.807, 2.05) is 45.0 Å². The van der Waals surface area contributed by atoms with E-state index in [9.17, 15) is 9.18 Å². The third-order valence-corrected chi connectivity index (χ3v) is 3.76. The van der Waals surface area contributed by atoms with Gasteiger partial charge in [0, 0.05) is 6.04 Å². The Bertz CT molecular complexity index is 701. The van der Waals surface area contributed by atoms with E-state index in [2.05, 4.69) is 5.32 Å². The maximum Gasteiger partial charge on any atom is 0.258 e. The minimum atomic E-state index is -0.474. The normalized spacial score (nSPS) is 11.9. The molecule has 2 aromatic carbocycles. The molecule has 0 saturated carbocycles. The summed E-state index contributed by atoms with van der Waals surface area (Å²) in [4.78, 5) is 11.9. The van der Waals surface area contributed by atoms with Gasteiger partial charge in [-0.2, -0.15) is 0 Å². The molecule has 0 fully saturated rings. The van der Waals surface area contributed by atoms with E-state index in [1.165, 1.54) is 17.7 Å². The summed E-state index contributed by atoms with van der Waals surface area (Å²) in [5.74, 6) is 0.203. The van der Waals surface area contributed by atoms with Crippen LogP contribution in [0.1, 0.15) is 32.8 Å². The van der Waals surface area contributed by atoms with Crippen LogP contribution in [0.15, 0.2) is 48.5 Å². The van der Waals surface area contributed by atoms with Crippen molar-refractivity contribution in [2.75, 3.05) is 6.61 Å². The number of benzene rings is 2. The molecule has 0 heterocycles. The molecular weight excluding hydrogens is 333 g/mol. The molecule has 1 N–H and O–H groups in total. The highest BCUT2D eigenvalue weighted by molar-refractivity contribution is 5.77. The van der Waals surface area contributed by atoms with Crippen LogP contribution in [0.3, 0.4) is 0 Å². The second-order valence-electron chi connectivity index (χ2n) is 6.54. The number of hydrogen-bond donors (Lipinski definition) is 1. The molecule has 0 bridgehead atoms. The summed E-state index contributed by atoms with van der Waals surface area (Å²) in [6.07, 6.45) is 1.80. The van der Waals surface area contributed by atoms with Crippen LogP contribution in [0.5, 0.6) is 11.5 Å². The van der Waals surface area contributed by atoms with Gasteiger partial charge in [-0.25, -0.2) is 4.39 Å². The summed E-state index contributed by atoms with van der Waals surface area (Å²) in [6, 6.07) is 14.0. The highest BCUT2D eigenvalue weighted by Gasteiger charge is 2.10. The number of carbonyl (C=O) groups is 1. The number of para-hydroxylation sites is 1. The molecule has 0 aliphatic rings. The number of ether oxygens (including phenoxy) is 2. The van der Waals surface area contributed by atoms with Gasteiger partial charge in [0.1, 0.15) is 5.75 Å². The molecule has 26 heavy (non-hydrogen) atoms. The maximum absolute atomic E-state index is 13.4. The van der Waals surface area contributed by atoms with E-state index in [0.717, 1.165) is 18.6 Å². The molecule has 4 nitrogen and oxygen atoms in total. The molecule has 140 valence electrons. The summed E-state index contributed by atoms with van der Waals surface area (Å²) in [7, 11) is 0. The van der Waals surface area contributed by atoms with Crippen LogP contribution in [0.4, 0.5) is 4.39 Å². The van der Waals surface area contributed by atoms with E-state index in [4.69, 9.17) is 9.47 Å². The quantitative estimate of drug-likeness (QED) is 0.732. The van der Waals surface area contributed by atoms with Gasteiger partial charge in [-0.1, -0.05) is 24.3 Å². The summed E-state index contributed by atoms with van der Waals surface area (Å²) in [6.45, 7) is 5.73. The fourth-order valence-electron chi connectivity index (χ4n) is 2.48. The number of halogens is 1. The Hall–Kier alpha value is -2.56. The van der Waals surface area contributed by atoms with Crippen LogP contribution in [0, 0.1) is 5.82 Å². The van der Waals surface area contributed by atoms with Crippen LogP contribution < -0.4 is 14.8 Å². The molecule has 0 saturated heterocycles. The minimum absolute atomic E-state index is 0.00156. The third kappa shape index (κ3) is 6.75. The zero-order chi connectivity index (χ0) is 18.9. The summed E-state index contributed by atoms with van der Waals surface area (Å²) in [5.41, 5.74) is 1.19. The summed E-state index contributed by atoms with van der Waals surface area (Å²) < 4.78 is 24.3. The van der Waals surface area contributed by atoms with Gasteiger partial charge in [0.05, 0.1) is 6.10 Å². The average Bonchev–Trinajstić information content (AvgIpc) is 2.60. The van der Waals surface area contributed by atoms with E-state index < -0.39 is 5.82 Å². The molecule has 0 spiro atoms. The van der Waals surface area contributed by atoms with Crippen LogP contribution in [-0.4, -0.2) is 24.7 Å². The fraction of sp³-hybridized carbons (Fsp3) is 0.381. The number of nitrogens with one attached hydrogen (secondary N) is 1. The Balaban J connectivity index is 1.71. The molecule has 1 atom stereocenters. The van der Waals surface area contributed by atoms with Gasteiger partial charge in [0.2, 0.25) is 0 Å². The minimum Gasteiger partial charge on any atom is -0.491 e. The number of amides is 1. The molecular formula is C21H26FNO3. The first-order valence-electron chi connectivity index (χ1n) is 8.86. The number of carbonyl (C=O) groups excluding carboxylic acids is 1. The Labute approximate surface area is 154 Å². The zero-order valence-electron chi connectivity index (χ0n) is 15.5. The van der Waals surface area contributed by atoms with Crippen molar-refractivity contribution < 1.29 is 18.7 Å². The van der Waals surface area contributed by atoms with E-state index >= 15 is 0 Å². The molecule has 0 aromatic heterocycles. The van der Waals surface area contributed by atoms with Gasteiger partial charge in [-0.3, -0.25) is 4.79 Å². The topological polar surface area (TPSA) is 47.6 Å². The predicted octanol–water partition coefficient (Wildman–Crippen LogP) is 4.13.